The molecule has 0 saturated heterocycles. The second-order valence-corrected chi connectivity index (χ2v) is 13.7. The van der Waals surface area contributed by atoms with Crippen LogP contribution in [0.3, 0.4) is 0 Å². The quantitative estimate of drug-likeness (QED) is 0.440. The van der Waals surface area contributed by atoms with E-state index in [1.807, 2.05) is 6.92 Å². The molecule has 29 heavy (non-hydrogen) atoms. The SMILES string of the molecule is CC(=O)[C@]12CCCC1[C@H]1CCC3[C@@]4(C)CCCC(C)(C)C4CC[C@@]3(C)[C@]1(C)CC2. The Bertz CT molecular complexity index is 707. The standard InChI is InChI=1S/C28H46O/c1-19(29)28-15-7-9-21(28)20-10-11-23-25(4)14-8-13-24(2,3)22(25)12-16-27(23,6)26(20,5)17-18-28/h20-23H,7-18H2,1-6H3/t20-,21?,22?,23?,25+,26-,27-,28-/m1/s1. The summed E-state index contributed by atoms with van der Waals surface area (Å²) in [5, 5.41) is 0. The van der Waals surface area contributed by atoms with Crippen LogP contribution in [0.25, 0.3) is 0 Å². The molecule has 5 aliphatic carbocycles. The van der Waals surface area contributed by atoms with Gasteiger partial charge in [0.25, 0.3) is 0 Å². The van der Waals surface area contributed by atoms with Crippen molar-refractivity contribution in [2.45, 2.75) is 119 Å². The summed E-state index contributed by atoms with van der Waals surface area (Å²) in [6.45, 7) is 15.2. The third-order valence-corrected chi connectivity index (χ3v) is 12.8. The van der Waals surface area contributed by atoms with E-state index in [0.717, 1.165) is 17.8 Å². The molecule has 164 valence electrons. The molecule has 5 aliphatic rings. The monoisotopic (exact) mass is 398 g/mol. The maximum Gasteiger partial charge on any atom is 0.136 e. The number of ketones is 1. The van der Waals surface area contributed by atoms with Crippen LogP contribution in [0.15, 0.2) is 0 Å². The van der Waals surface area contributed by atoms with Crippen molar-refractivity contribution < 1.29 is 4.79 Å². The van der Waals surface area contributed by atoms with Crippen molar-refractivity contribution in [3.05, 3.63) is 0 Å². The van der Waals surface area contributed by atoms with E-state index < -0.39 is 0 Å². The number of rotatable bonds is 1. The van der Waals surface area contributed by atoms with Gasteiger partial charge in [-0.2, -0.15) is 0 Å². The fourth-order valence-electron chi connectivity index (χ4n) is 11.3. The minimum absolute atomic E-state index is 0.0569. The van der Waals surface area contributed by atoms with Gasteiger partial charge in [0.15, 0.2) is 0 Å². The van der Waals surface area contributed by atoms with Crippen LogP contribution in [0.4, 0.5) is 0 Å². The van der Waals surface area contributed by atoms with E-state index in [1.54, 1.807) is 0 Å². The highest BCUT2D eigenvalue weighted by atomic mass is 16.1. The Morgan fingerprint density at radius 2 is 1.41 bits per heavy atom. The molecule has 0 aromatic rings. The zero-order valence-electron chi connectivity index (χ0n) is 20.2. The van der Waals surface area contributed by atoms with E-state index in [-0.39, 0.29) is 5.41 Å². The first-order valence-electron chi connectivity index (χ1n) is 13.0. The Kier molecular flexibility index (Phi) is 4.35. The van der Waals surface area contributed by atoms with Crippen LogP contribution in [0.1, 0.15) is 119 Å². The summed E-state index contributed by atoms with van der Waals surface area (Å²) >= 11 is 0. The molecule has 0 radical (unpaired) electrons. The summed E-state index contributed by atoms with van der Waals surface area (Å²) < 4.78 is 0. The van der Waals surface area contributed by atoms with Gasteiger partial charge >= 0.3 is 0 Å². The van der Waals surface area contributed by atoms with Crippen LogP contribution in [0.2, 0.25) is 0 Å². The van der Waals surface area contributed by atoms with E-state index in [2.05, 4.69) is 34.6 Å². The van der Waals surface area contributed by atoms with Crippen LogP contribution in [0.5, 0.6) is 0 Å². The molecule has 0 bridgehead atoms. The first-order chi connectivity index (χ1) is 13.5. The molecule has 5 fully saturated rings. The average Bonchev–Trinajstić information content (AvgIpc) is 3.07. The van der Waals surface area contributed by atoms with Gasteiger partial charge in [0.1, 0.15) is 5.78 Å². The van der Waals surface area contributed by atoms with Gasteiger partial charge in [-0.15, -0.1) is 0 Å². The number of fused-ring (bicyclic) bond motifs is 7. The molecule has 5 saturated carbocycles. The molecule has 0 aromatic heterocycles. The first kappa shape index (κ1) is 20.6. The molecule has 0 aromatic carbocycles. The maximum absolute atomic E-state index is 12.9. The zero-order valence-corrected chi connectivity index (χ0v) is 20.2. The highest BCUT2D eigenvalue weighted by molar-refractivity contribution is 5.83. The van der Waals surface area contributed by atoms with Gasteiger partial charge in [0.2, 0.25) is 0 Å². The van der Waals surface area contributed by atoms with Gasteiger partial charge in [0, 0.05) is 5.41 Å². The highest BCUT2D eigenvalue weighted by Crippen LogP contribution is 2.76. The predicted octanol–water partition coefficient (Wildman–Crippen LogP) is 7.82. The van der Waals surface area contributed by atoms with Gasteiger partial charge in [-0.05, 0) is 116 Å². The van der Waals surface area contributed by atoms with Crippen molar-refractivity contribution >= 4 is 5.78 Å². The lowest BCUT2D eigenvalue weighted by Crippen LogP contribution is -2.65. The number of Topliss-reactive ketones (excluding diaryl/α,β-unsaturated/α-hetero) is 1. The van der Waals surface area contributed by atoms with E-state index in [9.17, 15) is 4.79 Å². The summed E-state index contributed by atoms with van der Waals surface area (Å²) in [5.74, 6) is 3.80. The van der Waals surface area contributed by atoms with E-state index >= 15 is 0 Å². The Morgan fingerprint density at radius 3 is 2.14 bits per heavy atom. The van der Waals surface area contributed by atoms with Crippen molar-refractivity contribution in [2.24, 2.45) is 50.7 Å². The summed E-state index contributed by atoms with van der Waals surface area (Å²) in [4.78, 5) is 12.9. The Balaban J connectivity index is 1.54. The predicted molar refractivity (Wildman–Crippen MR) is 121 cm³/mol. The van der Waals surface area contributed by atoms with Gasteiger partial charge in [-0.1, -0.05) is 47.5 Å². The van der Waals surface area contributed by atoms with Crippen molar-refractivity contribution in [1.29, 1.82) is 0 Å². The minimum Gasteiger partial charge on any atom is -0.299 e. The Labute approximate surface area is 180 Å². The second kappa shape index (κ2) is 6.13. The molecule has 5 rings (SSSR count). The Morgan fingerprint density at radius 1 is 0.655 bits per heavy atom. The van der Waals surface area contributed by atoms with Gasteiger partial charge < -0.3 is 0 Å². The summed E-state index contributed by atoms with van der Waals surface area (Å²) in [5.41, 5.74) is 2.03. The maximum atomic E-state index is 12.9. The summed E-state index contributed by atoms with van der Waals surface area (Å²) in [6.07, 6.45) is 16.4. The molecule has 1 nitrogen and oxygen atoms in total. The molecule has 0 amide bonds. The number of carbonyl (C=O) groups excluding carboxylic acids is 1. The lowest BCUT2D eigenvalue weighted by atomic mass is 9.32. The van der Waals surface area contributed by atoms with Crippen LogP contribution in [-0.4, -0.2) is 5.78 Å². The molecular formula is C28H46O. The molecule has 0 heterocycles. The van der Waals surface area contributed by atoms with Crippen molar-refractivity contribution in [3.63, 3.8) is 0 Å². The van der Waals surface area contributed by atoms with Gasteiger partial charge in [0.05, 0.1) is 0 Å². The number of hydrogen-bond donors (Lipinski definition) is 0. The summed E-state index contributed by atoms with van der Waals surface area (Å²) in [7, 11) is 0. The number of carbonyl (C=O) groups is 1. The Hall–Kier alpha value is -0.330. The fraction of sp³-hybridized carbons (Fsp3) is 0.964. The van der Waals surface area contributed by atoms with Crippen molar-refractivity contribution in [2.75, 3.05) is 0 Å². The molecule has 8 atom stereocenters. The van der Waals surface area contributed by atoms with E-state index in [0.29, 0.717) is 33.4 Å². The van der Waals surface area contributed by atoms with E-state index in [4.69, 9.17) is 0 Å². The lowest BCUT2D eigenvalue weighted by molar-refractivity contribution is -0.232. The molecule has 3 unspecified atom stereocenters. The number of hydrogen-bond acceptors (Lipinski definition) is 1. The van der Waals surface area contributed by atoms with Crippen molar-refractivity contribution in [3.8, 4) is 0 Å². The van der Waals surface area contributed by atoms with E-state index in [1.165, 1.54) is 77.0 Å². The van der Waals surface area contributed by atoms with Crippen LogP contribution in [-0.2, 0) is 4.79 Å². The molecule has 0 spiro atoms. The van der Waals surface area contributed by atoms with Crippen LogP contribution < -0.4 is 0 Å². The third-order valence-electron chi connectivity index (χ3n) is 12.8. The normalized spacial score (nSPS) is 55.9. The average molecular weight is 399 g/mol. The molecule has 0 N–H and O–H groups in total. The third kappa shape index (κ3) is 2.37. The highest BCUT2D eigenvalue weighted by Gasteiger charge is 2.69. The summed E-state index contributed by atoms with van der Waals surface area (Å²) in [6, 6.07) is 0. The fourth-order valence-corrected chi connectivity index (χ4v) is 11.3. The van der Waals surface area contributed by atoms with Crippen LogP contribution >= 0.6 is 0 Å². The molecule has 0 aliphatic heterocycles. The molecular weight excluding hydrogens is 352 g/mol. The topological polar surface area (TPSA) is 17.1 Å². The van der Waals surface area contributed by atoms with Gasteiger partial charge in [-0.25, -0.2) is 0 Å². The smallest absolute Gasteiger partial charge is 0.136 e. The second-order valence-electron chi connectivity index (χ2n) is 13.7. The molecule has 1 heteroatoms. The lowest BCUT2D eigenvalue weighted by Gasteiger charge is -2.72. The largest absolute Gasteiger partial charge is 0.299 e. The van der Waals surface area contributed by atoms with Gasteiger partial charge in [-0.3, -0.25) is 4.79 Å². The minimum atomic E-state index is 0.0569. The van der Waals surface area contributed by atoms with Crippen molar-refractivity contribution in [1.82, 2.24) is 0 Å². The first-order valence-corrected chi connectivity index (χ1v) is 13.0. The zero-order chi connectivity index (χ0) is 20.9. The van der Waals surface area contributed by atoms with Crippen LogP contribution in [0, 0.1) is 50.7 Å².